The first-order valence-electron chi connectivity index (χ1n) is 9.44. The largest absolute Gasteiger partial charge is 0.493 e. The molecule has 0 saturated heterocycles. The molecule has 0 radical (unpaired) electrons. The van der Waals surface area contributed by atoms with Gasteiger partial charge in [-0.3, -0.25) is 9.78 Å². The SMILES string of the molecule is O=c1cc(-c2cc3sccc3cn2)oc2ccc(OCCc3cccc(F)c3)cc12. The predicted molar refractivity (Wildman–Crippen MR) is 117 cm³/mol. The summed E-state index contributed by atoms with van der Waals surface area (Å²) in [5, 5.41) is 3.51. The summed E-state index contributed by atoms with van der Waals surface area (Å²) in [5.74, 6) is 0.735. The van der Waals surface area contributed by atoms with Crippen LogP contribution in [0.25, 0.3) is 32.5 Å². The molecular weight excluding hydrogens is 401 g/mol. The number of fused-ring (bicyclic) bond motifs is 2. The molecule has 0 amide bonds. The maximum Gasteiger partial charge on any atom is 0.193 e. The molecule has 0 saturated carbocycles. The van der Waals surface area contributed by atoms with E-state index in [9.17, 15) is 9.18 Å². The molecule has 5 rings (SSSR count). The van der Waals surface area contributed by atoms with Gasteiger partial charge in [-0.15, -0.1) is 11.3 Å². The molecule has 0 aliphatic heterocycles. The van der Waals surface area contributed by atoms with Crippen LogP contribution in [0.5, 0.6) is 5.75 Å². The van der Waals surface area contributed by atoms with Crippen LogP contribution in [0.2, 0.25) is 0 Å². The molecule has 0 bridgehead atoms. The summed E-state index contributed by atoms with van der Waals surface area (Å²) < 4.78 is 26.0. The van der Waals surface area contributed by atoms with E-state index < -0.39 is 0 Å². The fraction of sp³-hybridized carbons (Fsp3) is 0.0833. The molecule has 3 heterocycles. The monoisotopic (exact) mass is 417 g/mol. The summed E-state index contributed by atoms with van der Waals surface area (Å²) in [6, 6.07) is 17.0. The zero-order valence-electron chi connectivity index (χ0n) is 15.8. The molecule has 0 unspecified atom stereocenters. The van der Waals surface area contributed by atoms with Crippen molar-refractivity contribution in [2.24, 2.45) is 0 Å². The zero-order valence-corrected chi connectivity index (χ0v) is 16.6. The van der Waals surface area contributed by atoms with Crippen LogP contribution in [0.15, 0.2) is 81.5 Å². The van der Waals surface area contributed by atoms with Gasteiger partial charge in [-0.2, -0.15) is 0 Å². The first-order chi connectivity index (χ1) is 14.7. The lowest BCUT2D eigenvalue weighted by Gasteiger charge is -2.08. The first-order valence-corrected chi connectivity index (χ1v) is 10.3. The van der Waals surface area contributed by atoms with Crippen molar-refractivity contribution in [3.8, 4) is 17.2 Å². The molecule has 30 heavy (non-hydrogen) atoms. The number of rotatable bonds is 5. The minimum Gasteiger partial charge on any atom is -0.493 e. The van der Waals surface area contributed by atoms with Gasteiger partial charge < -0.3 is 9.15 Å². The predicted octanol–water partition coefficient (Wildman–Crippen LogP) is 5.83. The summed E-state index contributed by atoms with van der Waals surface area (Å²) in [4.78, 5) is 17.1. The number of nitrogens with zero attached hydrogens (tertiary/aromatic N) is 1. The van der Waals surface area contributed by atoms with Gasteiger partial charge in [0, 0.05) is 28.8 Å². The Kier molecular flexibility index (Phi) is 4.77. The van der Waals surface area contributed by atoms with Gasteiger partial charge in [0.25, 0.3) is 0 Å². The maximum atomic E-state index is 13.3. The van der Waals surface area contributed by atoms with Gasteiger partial charge in [-0.25, -0.2) is 4.39 Å². The summed E-state index contributed by atoms with van der Waals surface area (Å²) in [6.45, 7) is 0.378. The van der Waals surface area contributed by atoms with Crippen LogP contribution in [0.4, 0.5) is 4.39 Å². The molecule has 2 aromatic carbocycles. The van der Waals surface area contributed by atoms with E-state index >= 15 is 0 Å². The van der Waals surface area contributed by atoms with E-state index in [1.165, 1.54) is 18.2 Å². The Morgan fingerprint density at radius 1 is 1.07 bits per heavy atom. The molecule has 0 spiro atoms. The third-order valence-corrected chi connectivity index (χ3v) is 5.72. The van der Waals surface area contributed by atoms with Crippen molar-refractivity contribution in [2.75, 3.05) is 6.61 Å². The Bertz CT molecular complexity index is 1420. The standard InChI is InChI=1S/C24H16FNO3S/c25-17-3-1-2-15(10-17)6-8-28-18-4-5-22-19(11-18)21(27)13-23(29-22)20-12-24-16(14-26-20)7-9-30-24/h1-5,7,9-14H,6,8H2. The highest BCUT2D eigenvalue weighted by atomic mass is 32.1. The highest BCUT2D eigenvalue weighted by Gasteiger charge is 2.10. The van der Waals surface area contributed by atoms with Gasteiger partial charge in [0.2, 0.25) is 0 Å². The van der Waals surface area contributed by atoms with Gasteiger partial charge in [-0.1, -0.05) is 12.1 Å². The van der Waals surface area contributed by atoms with Crippen molar-refractivity contribution in [1.82, 2.24) is 4.98 Å². The maximum absolute atomic E-state index is 13.3. The van der Waals surface area contributed by atoms with Crippen LogP contribution in [0, 0.1) is 5.82 Å². The second kappa shape index (κ2) is 7.72. The number of hydrogen-bond acceptors (Lipinski definition) is 5. The van der Waals surface area contributed by atoms with Crippen molar-refractivity contribution >= 4 is 32.4 Å². The summed E-state index contributed by atoms with van der Waals surface area (Å²) in [6.07, 6.45) is 2.35. The van der Waals surface area contributed by atoms with Crippen molar-refractivity contribution in [3.05, 3.63) is 93.8 Å². The van der Waals surface area contributed by atoms with Gasteiger partial charge in [0.15, 0.2) is 11.2 Å². The lowest BCUT2D eigenvalue weighted by atomic mass is 10.1. The quantitative estimate of drug-likeness (QED) is 0.361. The second-order valence-electron chi connectivity index (χ2n) is 6.89. The Hall–Kier alpha value is -3.51. The molecule has 0 aliphatic carbocycles. The molecule has 0 fully saturated rings. The number of pyridine rings is 1. The molecular formula is C24H16FNO3S. The van der Waals surface area contributed by atoms with E-state index in [1.54, 1.807) is 41.8 Å². The number of ether oxygens (including phenoxy) is 1. The van der Waals surface area contributed by atoms with E-state index in [0.29, 0.717) is 41.2 Å². The van der Waals surface area contributed by atoms with E-state index in [1.807, 2.05) is 23.6 Å². The van der Waals surface area contributed by atoms with E-state index in [2.05, 4.69) is 4.98 Å². The van der Waals surface area contributed by atoms with Gasteiger partial charge in [-0.05, 0) is 53.4 Å². The second-order valence-corrected chi connectivity index (χ2v) is 7.84. The summed E-state index contributed by atoms with van der Waals surface area (Å²) in [5.41, 5.74) is 1.80. The molecule has 0 aliphatic rings. The summed E-state index contributed by atoms with van der Waals surface area (Å²) in [7, 11) is 0. The van der Waals surface area contributed by atoms with Gasteiger partial charge in [0.1, 0.15) is 22.8 Å². The van der Waals surface area contributed by atoms with E-state index in [4.69, 9.17) is 9.15 Å². The molecule has 0 N–H and O–H groups in total. The minimum absolute atomic E-state index is 0.157. The molecule has 5 aromatic rings. The number of aromatic nitrogens is 1. The van der Waals surface area contributed by atoms with Gasteiger partial charge >= 0.3 is 0 Å². The highest BCUT2D eigenvalue weighted by molar-refractivity contribution is 7.17. The Morgan fingerprint density at radius 2 is 2.00 bits per heavy atom. The van der Waals surface area contributed by atoms with Crippen molar-refractivity contribution in [1.29, 1.82) is 0 Å². The zero-order chi connectivity index (χ0) is 20.5. The van der Waals surface area contributed by atoms with Crippen LogP contribution >= 0.6 is 11.3 Å². The van der Waals surface area contributed by atoms with Crippen molar-refractivity contribution in [3.63, 3.8) is 0 Å². The average molecular weight is 417 g/mol. The third kappa shape index (κ3) is 3.69. The van der Waals surface area contributed by atoms with E-state index in [-0.39, 0.29) is 11.2 Å². The highest BCUT2D eigenvalue weighted by Crippen LogP contribution is 2.27. The van der Waals surface area contributed by atoms with Crippen molar-refractivity contribution in [2.45, 2.75) is 6.42 Å². The fourth-order valence-electron chi connectivity index (χ4n) is 3.32. The molecule has 6 heteroatoms. The number of benzene rings is 2. The lowest BCUT2D eigenvalue weighted by molar-refractivity contribution is 0.322. The smallest absolute Gasteiger partial charge is 0.193 e. The molecule has 3 aromatic heterocycles. The summed E-state index contributed by atoms with van der Waals surface area (Å²) >= 11 is 1.62. The number of thiophene rings is 1. The molecule has 0 atom stereocenters. The van der Waals surface area contributed by atoms with E-state index in [0.717, 1.165) is 15.6 Å². The van der Waals surface area contributed by atoms with Crippen LogP contribution < -0.4 is 10.2 Å². The van der Waals surface area contributed by atoms with Crippen LogP contribution in [-0.4, -0.2) is 11.6 Å². The Labute approximate surface area is 175 Å². The van der Waals surface area contributed by atoms with Crippen LogP contribution in [-0.2, 0) is 6.42 Å². The third-order valence-electron chi connectivity index (χ3n) is 4.84. The Balaban J connectivity index is 1.39. The lowest BCUT2D eigenvalue weighted by Crippen LogP contribution is -2.04. The Morgan fingerprint density at radius 3 is 2.90 bits per heavy atom. The minimum atomic E-state index is -0.265. The van der Waals surface area contributed by atoms with Crippen LogP contribution in [0.1, 0.15) is 5.56 Å². The fourth-order valence-corrected chi connectivity index (χ4v) is 4.12. The van der Waals surface area contributed by atoms with Crippen LogP contribution in [0.3, 0.4) is 0 Å². The molecule has 148 valence electrons. The number of hydrogen-bond donors (Lipinski definition) is 0. The average Bonchev–Trinajstić information content (AvgIpc) is 3.22. The normalized spacial score (nSPS) is 11.2. The van der Waals surface area contributed by atoms with Gasteiger partial charge in [0.05, 0.1) is 12.0 Å². The molecule has 4 nitrogen and oxygen atoms in total. The number of halogens is 1. The topological polar surface area (TPSA) is 52.3 Å². The van der Waals surface area contributed by atoms with Crippen molar-refractivity contribution < 1.29 is 13.5 Å². The first kappa shape index (κ1) is 18.5.